The van der Waals surface area contributed by atoms with E-state index in [0.717, 1.165) is 44.4 Å². The van der Waals surface area contributed by atoms with Crippen LogP contribution in [0.3, 0.4) is 0 Å². The van der Waals surface area contributed by atoms with Gasteiger partial charge in [-0.25, -0.2) is 0 Å². The number of hydrogen-bond acceptors (Lipinski definition) is 45. The molecule has 8 rings (SSSR count). The summed E-state index contributed by atoms with van der Waals surface area (Å²) in [6.07, 6.45) is -12.8. The zero-order valence-electron chi connectivity index (χ0n) is 70.6. The van der Waals surface area contributed by atoms with Gasteiger partial charge in [-0.1, -0.05) is 170 Å². The fraction of sp³-hybridized carbons (Fsp3) is 0.937. The smallest absolute Gasteiger partial charge is 0.295 e. The molecule has 0 N–H and O–H groups in total. The van der Waals surface area contributed by atoms with Crippen molar-refractivity contribution in [1.82, 2.24) is 0 Å². The Kier molecular flexibility index (Phi) is 43.6. The summed E-state index contributed by atoms with van der Waals surface area (Å²) in [5.41, 5.74) is 0. The molecule has 29 atom stereocenters. The third kappa shape index (κ3) is 34.1. The molecule has 0 aromatic heterocycles. The van der Waals surface area contributed by atoms with E-state index in [1.807, 2.05) is 47.6 Å². The lowest BCUT2D eigenvalue weighted by Gasteiger charge is -2.45. The van der Waals surface area contributed by atoms with E-state index in [2.05, 4.69) is 137 Å². The van der Waals surface area contributed by atoms with Gasteiger partial charge in [-0.3, -0.25) is 0 Å². The van der Waals surface area contributed by atoms with Crippen LogP contribution in [-0.4, -0.2) is 168 Å². The largest absolute Gasteiger partial charge is 0.310 e. The number of allylic oxidation sites excluding steroid dienone is 1. The van der Waals surface area contributed by atoms with Gasteiger partial charge < -0.3 is 72.6 Å². The monoisotopic (exact) mass is 1790 g/mol. The molecule has 704 valence electrons. The molecule has 0 heterocycles. The first-order valence-electron chi connectivity index (χ1n) is 38.2. The molecule has 6 saturated carbocycles. The highest BCUT2D eigenvalue weighted by Gasteiger charge is 2.58. The van der Waals surface area contributed by atoms with Crippen LogP contribution in [0.4, 0.5) is 0 Å². The minimum atomic E-state index is -2.47. The zero-order chi connectivity index (χ0) is 95.3. The van der Waals surface area contributed by atoms with Crippen molar-refractivity contribution in [2.75, 3.05) is 0 Å². The fourth-order valence-corrected chi connectivity index (χ4v) is 15.4. The average molecular weight is 1790 g/mol. The van der Waals surface area contributed by atoms with Crippen LogP contribution in [0.5, 0.6) is 0 Å². The molecular weight excluding hydrogens is 1690 g/mol. The molecule has 29 unspecified atom stereocenters. The minimum absolute atomic E-state index is 0.181. The molecule has 6 fully saturated rings. The van der Waals surface area contributed by atoms with E-state index >= 15 is 0 Å². The zero-order valence-corrected chi connectivity index (χ0v) is 70.6. The Balaban J connectivity index is 0.000000728. The molecule has 0 aliphatic heterocycles. The molecule has 0 spiro atoms. The maximum absolute atomic E-state index is 10.8. The van der Waals surface area contributed by atoms with Crippen molar-refractivity contribution >= 4 is 0 Å². The number of rotatable bonds is 30. The van der Waals surface area contributed by atoms with Crippen LogP contribution in [-0.2, 0) is 72.6 Å². The Hall–Kier alpha value is -12.5. The molecule has 0 aromatic carbocycles. The van der Waals surface area contributed by atoms with Crippen LogP contribution in [0.1, 0.15) is 158 Å². The predicted octanol–water partition coefficient (Wildman–Crippen LogP) is 8.90. The van der Waals surface area contributed by atoms with Gasteiger partial charge in [-0.05, 0) is 131 Å². The molecule has 60 heteroatoms. The second-order valence-corrected chi connectivity index (χ2v) is 31.5. The van der Waals surface area contributed by atoms with Crippen molar-refractivity contribution < 1.29 is 149 Å². The van der Waals surface area contributed by atoms with Gasteiger partial charge in [0.15, 0.2) is 36.6 Å². The van der Waals surface area contributed by atoms with Gasteiger partial charge in [0.05, 0.1) is 0 Å². The Morgan fingerprint density at radius 1 is 0.171 bits per heavy atom. The summed E-state index contributed by atoms with van der Waals surface area (Å²) in [4.78, 5) is 222. The van der Waals surface area contributed by atoms with Crippen molar-refractivity contribution in [3.63, 3.8) is 0 Å². The third-order valence-corrected chi connectivity index (χ3v) is 25.1. The first-order valence-corrected chi connectivity index (χ1v) is 38.2. The van der Waals surface area contributed by atoms with Gasteiger partial charge in [0, 0.05) is 5.92 Å². The lowest BCUT2D eigenvalue weighted by atomic mass is 9.65. The van der Waals surface area contributed by atoms with Crippen molar-refractivity contribution in [3.8, 4) is 0 Å². The Morgan fingerprint density at radius 2 is 0.366 bits per heavy atom. The van der Waals surface area contributed by atoms with Gasteiger partial charge in [-0.2, -0.15) is 0 Å². The normalized spacial score (nSPS) is 36.7. The van der Waals surface area contributed by atoms with E-state index in [-0.39, 0.29) is 54.0 Å². The van der Waals surface area contributed by atoms with Crippen LogP contribution < -0.4 is 0 Å². The molecule has 0 saturated heterocycles. The summed E-state index contributed by atoms with van der Waals surface area (Å²) in [6.45, 7) is 40.5. The van der Waals surface area contributed by atoms with E-state index in [0.29, 0.717) is 53.3 Å². The predicted molar refractivity (Wildman–Crippen MR) is 398 cm³/mol. The molecule has 0 amide bonds. The highest BCUT2D eigenvalue weighted by molar-refractivity contribution is 5.08. The lowest BCUT2D eigenvalue weighted by molar-refractivity contribution is -0.833. The van der Waals surface area contributed by atoms with Crippen molar-refractivity contribution in [2.24, 2.45) is 124 Å². The van der Waals surface area contributed by atoms with E-state index < -0.39 is 167 Å². The van der Waals surface area contributed by atoms with E-state index in [4.69, 9.17) is 4.84 Å². The molecule has 60 nitrogen and oxygen atoms in total. The first kappa shape index (κ1) is 108. The van der Waals surface area contributed by atoms with Gasteiger partial charge in [0.25, 0.3) is 76.3 Å². The summed E-state index contributed by atoms with van der Waals surface area (Å²) in [5, 5.41) is 140. The van der Waals surface area contributed by atoms with Crippen molar-refractivity contribution in [3.05, 3.63) is 176 Å². The minimum Gasteiger partial charge on any atom is -0.310 e. The molecule has 123 heavy (non-hydrogen) atoms. The topological polar surface area (TPSA) is 786 Å². The molecule has 0 bridgehead atoms. The van der Waals surface area contributed by atoms with Crippen molar-refractivity contribution in [1.29, 1.82) is 0 Å². The standard InChI is InChI=1S/C9H13N5O15.C9H17NO3.C9H15NO3.C9H17NO3.C8H12N4O12.C7H13NO3.C6H8N2O6.C6H12/c1-3-4(2)6(26-11(17)18)8(28-13(21)22)9(29-14(23)24)7(27-12(19)20)5(3)25-10(15)16;2*1-6-4-5-9(13-10(11)12)8(3)7(6)2;1-5-6(2)8(4)9(7(5)3)13-10(11)12;1-3-4(2)6(22-10(15)16)8(24-12(19)20)7(23-11(17)18)5(3)21-9(13)14;1-4-5(2)7(6(4)3)11-8(9)10;1-4-2-3-5(13-7(9)10)6(4)14-8(11)12;1-4-5(2)6(4)3/h3-9H,1-2H3;6-9H,4-5H2,1-3H3;4-9H,1-3H3;5-9H,1-4H3;3-8H,1-2H3;4-7H,1-3H3;2-6H,1H3;4-6H,1-3H3. The quantitative estimate of drug-likeness (QED) is 0.0280. The molecular formula is C63H107N15O45. The number of hydrogen-bond donors (Lipinski definition) is 0. The van der Waals surface area contributed by atoms with E-state index in [9.17, 15) is 152 Å². The third-order valence-electron chi connectivity index (χ3n) is 25.1. The first-order chi connectivity index (χ1) is 56.6. The second kappa shape index (κ2) is 49.4. The highest BCUT2D eigenvalue weighted by atomic mass is 17.0. The van der Waals surface area contributed by atoms with Gasteiger partial charge in [0.1, 0.15) is 54.9 Å². The molecule has 0 radical (unpaired) electrons. The van der Waals surface area contributed by atoms with Crippen LogP contribution in [0.25, 0.3) is 0 Å². The average Bonchev–Trinajstić information content (AvgIpc) is 1.74. The summed E-state index contributed by atoms with van der Waals surface area (Å²) < 4.78 is 0. The Labute approximate surface area is 697 Å². The molecule has 0 aromatic rings. The van der Waals surface area contributed by atoms with Crippen LogP contribution in [0.2, 0.25) is 0 Å². The van der Waals surface area contributed by atoms with Gasteiger partial charge in [0.2, 0.25) is 0 Å². The van der Waals surface area contributed by atoms with Crippen molar-refractivity contribution in [2.45, 2.75) is 250 Å². The summed E-state index contributed by atoms with van der Waals surface area (Å²) in [6, 6.07) is 0. The molecule has 8 aliphatic rings. The van der Waals surface area contributed by atoms with E-state index in [1.165, 1.54) is 19.9 Å². The Bertz CT molecular complexity index is 3480. The van der Waals surface area contributed by atoms with Crippen LogP contribution in [0.15, 0.2) is 24.3 Å². The van der Waals surface area contributed by atoms with E-state index in [1.54, 1.807) is 19.1 Å². The number of nitrogens with zero attached hydrogens (tertiary/aromatic N) is 15. The van der Waals surface area contributed by atoms with Crippen LogP contribution in [0, 0.1) is 276 Å². The SMILES string of the molecule is CC1C(C)C(C)C(O[N+](=O)[O-])C1C.CC1C(C)C(O[N+](=O)[O-])C(O[N+](=O)[O-])C(O[N+](=O)[O-])C(O[N+](=O)[O-])C1O[N+](=O)[O-].CC1C(C)C(O[N+](=O)[O-])C(O[N+](=O)[O-])C(O[N+](=O)[O-])C1O[N+](=O)[O-].CC1C(C)C(O[N+](=O)[O-])C1C.CC1C(C)C1C.CC1C=CC(O[N+](=O)[O-])C(C)C1C.CC1C=CC(O[N+](=O)[O-])C1O[N+](=O)[O-].CC1CCC(O[N+](=O)[O-])C(C)C1C. The summed E-state index contributed by atoms with van der Waals surface area (Å²) >= 11 is 0. The lowest BCUT2D eigenvalue weighted by Crippen LogP contribution is -2.62. The van der Waals surface area contributed by atoms with Gasteiger partial charge >= 0.3 is 0 Å². The summed E-state index contributed by atoms with van der Waals surface area (Å²) in [7, 11) is 0. The Morgan fingerprint density at radius 3 is 0.626 bits per heavy atom. The maximum atomic E-state index is 10.8. The maximum Gasteiger partial charge on any atom is 0.295 e. The fourth-order valence-electron chi connectivity index (χ4n) is 15.4. The highest BCUT2D eigenvalue weighted by Crippen LogP contribution is 2.46. The second-order valence-electron chi connectivity index (χ2n) is 31.5. The van der Waals surface area contributed by atoms with Crippen LogP contribution >= 0.6 is 0 Å². The van der Waals surface area contributed by atoms with Gasteiger partial charge in [-0.15, -0.1) is 152 Å². The molecule has 8 aliphatic carbocycles. The summed E-state index contributed by atoms with van der Waals surface area (Å²) in [5.74, 6) is 3.63.